The number of aromatic nitrogens is 2. The summed E-state index contributed by atoms with van der Waals surface area (Å²) in [5.41, 5.74) is 2.57. The maximum Gasteiger partial charge on any atom is 0.128 e. The summed E-state index contributed by atoms with van der Waals surface area (Å²) >= 11 is 5.96. The Morgan fingerprint density at radius 1 is 1.29 bits per heavy atom. The Balaban J connectivity index is 2.22. The molecule has 1 fully saturated rings. The number of rotatable bonds is 3. The predicted octanol–water partition coefficient (Wildman–Crippen LogP) is 4.94. The lowest BCUT2D eigenvalue weighted by Gasteiger charge is -2.37. The number of nitrogens with zero attached hydrogens (tertiary/aromatic N) is 2. The van der Waals surface area contributed by atoms with Crippen LogP contribution in [0.15, 0.2) is 12.1 Å². The molecule has 0 spiro atoms. The summed E-state index contributed by atoms with van der Waals surface area (Å²) in [7, 11) is 0. The third kappa shape index (κ3) is 2.57. The first-order valence-corrected chi connectivity index (χ1v) is 8.32. The molecule has 114 valence electrons. The van der Waals surface area contributed by atoms with Gasteiger partial charge < -0.3 is 4.57 Å². The molecular formula is C17H22ClFN2. The molecule has 1 aliphatic rings. The van der Waals surface area contributed by atoms with Crippen LogP contribution in [-0.2, 0) is 12.0 Å². The van der Waals surface area contributed by atoms with Gasteiger partial charge in [0.05, 0.1) is 11.0 Å². The highest BCUT2D eigenvalue weighted by Crippen LogP contribution is 2.38. The second kappa shape index (κ2) is 5.60. The van der Waals surface area contributed by atoms with Gasteiger partial charge in [-0.3, -0.25) is 0 Å². The smallest absolute Gasteiger partial charge is 0.128 e. The summed E-state index contributed by atoms with van der Waals surface area (Å²) in [4.78, 5) is 4.66. The number of fused-ring (bicyclic) bond motifs is 1. The fourth-order valence-corrected chi connectivity index (χ4v) is 3.81. The quantitative estimate of drug-likeness (QED) is 0.734. The van der Waals surface area contributed by atoms with Crippen LogP contribution in [-0.4, -0.2) is 15.4 Å². The first kappa shape index (κ1) is 14.8. The van der Waals surface area contributed by atoms with Crippen molar-refractivity contribution in [2.75, 3.05) is 5.88 Å². The molecule has 3 rings (SSSR count). The van der Waals surface area contributed by atoms with Gasteiger partial charge in [-0.05, 0) is 38.3 Å². The van der Waals surface area contributed by atoms with Gasteiger partial charge in [0, 0.05) is 23.9 Å². The van der Waals surface area contributed by atoms with Crippen molar-refractivity contribution in [3.63, 3.8) is 0 Å². The van der Waals surface area contributed by atoms with Crippen LogP contribution in [0.2, 0.25) is 0 Å². The number of alkyl halides is 1. The topological polar surface area (TPSA) is 17.8 Å². The molecule has 1 aromatic heterocycles. The lowest BCUT2D eigenvalue weighted by molar-refractivity contribution is 0.219. The number of imidazole rings is 1. The van der Waals surface area contributed by atoms with E-state index in [0.29, 0.717) is 11.4 Å². The molecular weight excluding hydrogens is 287 g/mol. The van der Waals surface area contributed by atoms with Crippen molar-refractivity contribution >= 4 is 22.6 Å². The first-order chi connectivity index (χ1) is 10.0. The highest BCUT2D eigenvalue weighted by atomic mass is 35.5. The molecule has 1 heterocycles. The van der Waals surface area contributed by atoms with Gasteiger partial charge in [0.15, 0.2) is 0 Å². The second-order valence-electron chi connectivity index (χ2n) is 6.45. The Kier molecular flexibility index (Phi) is 3.96. The summed E-state index contributed by atoms with van der Waals surface area (Å²) < 4.78 is 16.2. The fraction of sp³-hybridized carbons (Fsp3) is 0.588. The molecule has 0 bridgehead atoms. The maximum absolute atomic E-state index is 13.8. The van der Waals surface area contributed by atoms with Crippen molar-refractivity contribution in [2.45, 2.75) is 57.9 Å². The minimum atomic E-state index is -0.182. The van der Waals surface area contributed by atoms with E-state index in [-0.39, 0.29) is 11.4 Å². The van der Waals surface area contributed by atoms with Crippen LogP contribution < -0.4 is 0 Å². The molecule has 0 aliphatic heterocycles. The van der Waals surface area contributed by atoms with Gasteiger partial charge in [-0.1, -0.05) is 19.3 Å². The number of hydrogen-bond donors (Lipinski definition) is 0. The van der Waals surface area contributed by atoms with E-state index in [1.807, 2.05) is 13.0 Å². The molecule has 0 unspecified atom stereocenters. The Morgan fingerprint density at radius 2 is 2.00 bits per heavy atom. The van der Waals surface area contributed by atoms with Gasteiger partial charge in [-0.15, -0.1) is 11.6 Å². The lowest BCUT2D eigenvalue weighted by Crippen LogP contribution is -2.34. The summed E-state index contributed by atoms with van der Waals surface area (Å²) in [6.07, 6.45) is 6.84. The first-order valence-electron chi connectivity index (χ1n) is 7.79. The Morgan fingerprint density at radius 3 is 2.67 bits per heavy atom. The van der Waals surface area contributed by atoms with Crippen LogP contribution in [0.3, 0.4) is 0 Å². The van der Waals surface area contributed by atoms with Gasteiger partial charge in [0.25, 0.3) is 0 Å². The summed E-state index contributed by atoms with van der Waals surface area (Å²) in [5, 5.41) is 0. The van der Waals surface area contributed by atoms with Crippen molar-refractivity contribution in [1.82, 2.24) is 9.55 Å². The van der Waals surface area contributed by atoms with E-state index >= 15 is 0 Å². The molecule has 4 heteroatoms. The van der Waals surface area contributed by atoms with E-state index < -0.39 is 0 Å². The fourth-order valence-electron chi connectivity index (χ4n) is 3.64. The Labute approximate surface area is 130 Å². The van der Waals surface area contributed by atoms with E-state index in [0.717, 1.165) is 36.1 Å². The van der Waals surface area contributed by atoms with Gasteiger partial charge >= 0.3 is 0 Å². The van der Waals surface area contributed by atoms with E-state index in [1.54, 1.807) is 6.07 Å². The average Bonchev–Trinajstić information content (AvgIpc) is 2.78. The van der Waals surface area contributed by atoms with Crippen LogP contribution in [0.25, 0.3) is 11.0 Å². The molecule has 0 atom stereocenters. The molecule has 21 heavy (non-hydrogen) atoms. The SMILES string of the molecule is Cc1cc2c(cc1F)nc(CCCl)n2C1(C)CCCCC1. The third-order valence-corrected chi connectivity index (χ3v) is 4.98. The Hall–Kier alpha value is -1.09. The minimum Gasteiger partial charge on any atom is -0.322 e. The monoisotopic (exact) mass is 308 g/mol. The molecule has 2 nitrogen and oxygen atoms in total. The van der Waals surface area contributed by atoms with E-state index in [2.05, 4.69) is 16.5 Å². The highest BCUT2D eigenvalue weighted by Gasteiger charge is 2.32. The van der Waals surface area contributed by atoms with E-state index in [4.69, 9.17) is 11.6 Å². The van der Waals surface area contributed by atoms with Crippen molar-refractivity contribution < 1.29 is 4.39 Å². The number of benzene rings is 1. The van der Waals surface area contributed by atoms with Crippen LogP contribution in [0.4, 0.5) is 4.39 Å². The summed E-state index contributed by atoms with van der Waals surface area (Å²) in [6, 6.07) is 3.50. The number of hydrogen-bond acceptors (Lipinski definition) is 1. The molecule has 0 radical (unpaired) electrons. The second-order valence-corrected chi connectivity index (χ2v) is 6.83. The Bertz CT molecular complexity index is 656. The van der Waals surface area contributed by atoms with Gasteiger partial charge in [0.1, 0.15) is 11.6 Å². The normalized spacial score (nSPS) is 18.3. The number of aryl methyl sites for hydroxylation is 2. The highest BCUT2D eigenvalue weighted by molar-refractivity contribution is 6.17. The summed E-state index contributed by atoms with van der Waals surface area (Å²) in [5.74, 6) is 1.36. The van der Waals surface area contributed by atoms with Crippen molar-refractivity contribution in [3.8, 4) is 0 Å². The largest absolute Gasteiger partial charge is 0.322 e. The van der Waals surface area contributed by atoms with Crippen LogP contribution in [0, 0.1) is 12.7 Å². The standard InChI is InChI=1S/C17H22ClFN2/c1-12-10-15-14(11-13(12)19)20-16(6-9-18)21(15)17(2)7-4-3-5-8-17/h10-11H,3-9H2,1-2H3. The molecule has 1 saturated carbocycles. The third-order valence-electron chi connectivity index (χ3n) is 4.79. The van der Waals surface area contributed by atoms with Gasteiger partial charge in [-0.25, -0.2) is 9.37 Å². The zero-order valence-electron chi connectivity index (χ0n) is 12.8. The van der Waals surface area contributed by atoms with Crippen molar-refractivity contribution in [1.29, 1.82) is 0 Å². The van der Waals surface area contributed by atoms with Crippen molar-refractivity contribution in [3.05, 3.63) is 29.3 Å². The average molecular weight is 309 g/mol. The zero-order valence-corrected chi connectivity index (χ0v) is 13.5. The lowest BCUT2D eigenvalue weighted by atomic mass is 9.82. The van der Waals surface area contributed by atoms with Crippen LogP contribution in [0.1, 0.15) is 50.4 Å². The van der Waals surface area contributed by atoms with E-state index in [9.17, 15) is 4.39 Å². The minimum absolute atomic E-state index is 0.0820. The predicted molar refractivity (Wildman–Crippen MR) is 85.6 cm³/mol. The molecule has 0 saturated heterocycles. The van der Waals surface area contributed by atoms with Gasteiger partial charge in [-0.2, -0.15) is 0 Å². The van der Waals surface area contributed by atoms with Crippen LogP contribution >= 0.6 is 11.6 Å². The molecule has 2 aromatic rings. The molecule has 0 amide bonds. The zero-order chi connectivity index (χ0) is 15.0. The molecule has 1 aromatic carbocycles. The van der Waals surface area contributed by atoms with E-state index in [1.165, 1.54) is 19.3 Å². The van der Waals surface area contributed by atoms with Crippen molar-refractivity contribution in [2.24, 2.45) is 0 Å². The summed E-state index contributed by atoms with van der Waals surface area (Å²) in [6.45, 7) is 4.13. The van der Waals surface area contributed by atoms with Gasteiger partial charge in [0.2, 0.25) is 0 Å². The number of halogens is 2. The maximum atomic E-state index is 13.8. The van der Waals surface area contributed by atoms with Crippen LogP contribution in [0.5, 0.6) is 0 Å². The molecule has 0 N–H and O–H groups in total. The molecule has 1 aliphatic carbocycles.